The maximum absolute atomic E-state index is 5.72. The highest BCUT2D eigenvalue weighted by atomic mass is 16.5. The van der Waals surface area contributed by atoms with Gasteiger partial charge in [-0.1, -0.05) is 236 Å². The van der Waals surface area contributed by atoms with E-state index in [0.29, 0.717) is 75.9 Å². The van der Waals surface area contributed by atoms with Crippen molar-refractivity contribution in [2.24, 2.45) is 68.0 Å². The van der Waals surface area contributed by atoms with Crippen LogP contribution in [0.5, 0.6) is 5.75 Å². The lowest BCUT2D eigenvalue weighted by molar-refractivity contribution is 0.0891. The van der Waals surface area contributed by atoms with Crippen molar-refractivity contribution < 1.29 is 9.47 Å². The molecule has 0 radical (unpaired) electrons. The zero-order valence-corrected chi connectivity index (χ0v) is 92.4. The SMILES string of the molecule is CC.CC.CC.CC.CC.CC(c1ccccn1)N(C)C1CCC(C(C)(C)C)CC1.CC(c1ccccn1)N(C)C1CCC(C(C)(C)C)CC1.CN(Cc1ccccn1)C1CCC(C(C)(C)C)CC1.CN(Cc1ccccn1)C1CCC(C(C)(C)C)CC1.CN(Cc1cccnc1)C1CCC(C(C)(C)C)CC1.COCCOc1cccc(CN(C)C2CCC(C(C)(C)C)CC2)c1. The molecule has 1 aromatic carbocycles. The van der Waals surface area contributed by atoms with Gasteiger partial charge in [0, 0.05) is 119 Å². The van der Waals surface area contributed by atoms with E-state index in [1.54, 1.807) is 7.11 Å². The van der Waals surface area contributed by atoms with Gasteiger partial charge in [-0.25, -0.2) is 0 Å². The zero-order chi connectivity index (χ0) is 98.7. The van der Waals surface area contributed by atoms with Crippen LogP contribution in [0.2, 0.25) is 0 Å². The Labute approximate surface area is 811 Å². The minimum absolute atomic E-state index is 0.410. The van der Waals surface area contributed by atoms with E-state index in [0.717, 1.165) is 85.6 Å². The molecule has 0 N–H and O–H groups in total. The Bertz CT molecular complexity index is 3400. The molecule has 2 unspecified atom stereocenters. The van der Waals surface area contributed by atoms with Gasteiger partial charge in [-0.15, -0.1) is 0 Å². The first-order valence-electron chi connectivity index (χ1n) is 53.0. The maximum Gasteiger partial charge on any atom is 0.119 e. The first kappa shape index (κ1) is 122. The summed E-state index contributed by atoms with van der Waals surface area (Å²) in [7, 11) is 15.2. The Morgan fingerprint density at radius 1 is 0.290 bits per heavy atom. The van der Waals surface area contributed by atoms with Gasteiger partial charge >= 0.3 is 0 Å². The zero-order valence-electron chi connectivity index (χ0n) is 92.4. The Morgan fingerprint density at radius 3 is 0.809 bits per heavy atom. The van der Waals surface area contributed by atoms with Gasteiger partial charge in [0.1, 0.15) is 12.4 Å². The lowest BCUT2D eigenvalue weighted by Crippen LogP contribution is -2.39. The van der Waals surface area contributed by atoms with E-state index < -0.39 is 0 Å². The predicted molar refractivity (Wildman–Crippen MR) is 571 cm³/mol. The molecular weight excluding hydrogens is 1600 g/mol. The second kappa shape index (κ2) is 63.8. The summed E-state index contributed by atoms with van der Waals surface area (Å²) in [5.41, 5.74) is 10.2. The third-order valence-electron chi connectivity index (χ3n) is 29.9. The Balaban J connectivity index is 0.000000522. The number of rotatable bonds is 22. The van der Waals surface area contributed by atoms with Crippen LogP contribution in [0.15, 0.2) is 146 Å². The molecule has 0 saturated heterocycles. The van der Waals surface area contributed by atoms with E-state index in [-0.39, 0.29) is 0 Å². The molecule has 0 spiro atoms. The molecule has 0 aliphatic heterocycles. The van der Waals surface area contributed by atoms with Crippen LogP contribution < -0.4 is 4.74 Å². The number of methoxy groups -OCH3 is 1. The summed E-state index contributed by atoms with van der Waals surface area (Å²) in [5, 5.41) is 0. The molecule has 13 heteroatoms. The van der Waals surface area contributed by atoms with Gasteiger partial charge in [0.15, 0.2) is 0 Å². The van der Waals surface area contributed by atoms with Gasteiger partial charge in [0.25, 0.3) is 0 Å². The fourth-order valence-electron chi connectivity index (χ4n) is 20.6. The normalized spacial score (nSPS) is 22.8. The summed E-state index contributed by atoms with van der Waals surface area (Å²) in [6.07, 6.45) is 43.9. The van der Waals surface area contributed by atoms with E-state index in [1.807, 2.05) is 143 Å². The molecule has 13 nitrogen and oxygen atoms in total. The van der Waals surface area contributed by atoms with Crippen LogP contribution in [0.1, 0.15) is 408 Å². The fraction of sp³-hybridized carbons (Fsp3) is 0.737. The van der Waals surface area contributed by atoms with Crippen molar-refractivity contribution in [3.63, 3.8) is 0 Å². The predicted octanol–water partition coefficient (Wildman–Crippen LogP) is 31.6. The molecule has 5 aromatic heterocycles. The monoisotopic (exact) mass is 1810 g/mol. The van der Waals surface area contributed by atoms with Gasteiger partial charge in [-0.05, 0) is 356 Å². The second-order valence-corrected chi connectivity index (χ2v) is 44.6. The highest BCUT2D eigenvalue weighted by Crippen LogP contribution is 2.46. The van der Waals surface area contributed by atoms with E-state index in [2.05, 4.69) is 308 Å². The number of aromatic nitrogens is 5. The molecule has 5 heterocycles. The van der Waals surface area contributed by atoms with Gasteiger partial charge in [-0.2, -0.15) is 0 Å². The summed E-state index contributed by atoms with van der Waals surface area (Å²) >= 11 is 0. The van der Waals surface area contributed by atoms with Crippen LogP contribution in [-0.4, -0.2) is 153 Å². The molecule has 12 rings (SSSR count). The first-order chi connectivity index (χ1) is 62.1. The highest BCUT2D eigenvalue weighted by molar-refractivity contribution is 5.28. The topological polar surface area (TPSA) is 102 Å². The van der Waals surface area contributed by atoms with E-state index in [4.69, 9.17) is 9.47 Å². The van der Waals surface area contributed by atoms with Gasteiger partial charge < -0.3 is 9.47 Å². The quantitative estimate of drug-likeness (QED) is 0.0603. The van der Waals surface area contributed by atoms with Crippen LogP contribution in [0.4, 0.5) is 0 Å². The standard InChI is InChI=1S/C21H35NO2.2C18H30N2.3C17H28N2.5C2H6/c1-21(2,3)18-9-11-19(12-10-18)22(4)16-17-7-6-8-20(15-17)24-14-13-23-5;2*1-14(17-8-6-7-13-19-17)20(5)16-11-9-15(10-12-16)18(2,3)4;1-17(2,3)15-7-9-16(10-8-15)19(4)13-14-6-5-11-18-12-14;2*1-17(2,3)14-8-10-16(11-9-14)19(4)13-15-7-5-6-12-18-15;5*1-2/h6-8,15,18-19H,9-14,16H2,1-5H3;2*6-8,13-16H,9-12H2,1-5H3;5-6,11-12,15-16H,7-10,13H2,1-4H3;2*5-7,12,14,16H,8-11,13H2,1-4H3;5*1-2H3. The summed E-state index contributed by atoms with van der Waals surface area (Å²) in [4.78, 5) is 37.1. The van der Waals surface area contributed by atoms with E-state index in [9.17, 15) is 0 Å². The minimum atomic E-state index is 0.410. The molecular formula is C118H209N11O2. The van der Waals surface area contributed by atoms with Crippen molar-refractivity contribution in [1.29, 1.82) is 0 Å². The summed E-state index contributed by atoms with van der Waals surface area (Å²) in [6.45, 7) is 72.7. The fourth-order valence-corrected chi connectivity index (χ4v) is 20.6. The highest BCUT2D eigenvalue weighted by Gasteiger charge is 2.38. The van der Waals surface area contributed by atoms with Crippen molar-refractivity contribution in [3.05, 3.63) is 180 Å². The first-order valence-corrected chi connectivity index (χ1v) is 53.0. The summed E-state index contributed by atoms with van der Waals surface area (Å²) in [6, 6.07) is 42.6. The molecule has 6 fully saturated rings. The number of benzene rings is 1. The lowest BCUT2D eigenvalue weighted by Gasteiger charge is -2.41. The van der Waals surface area contributed by atoms with Crippen molar-refractivity contribution >= 4 is 0 Å². The van der Waals surface area contributed by atoms with Crippen molar-refractivity contribution in [3.8, 4) is 5.75 Å². The van der Waals surface area contributed by atoms with Crippen LogP contribution in [0.3, 0.4) is 0 Å². The molecule has 6 aliphatic carbocycles. The van der Waals surface area contributed by atoms with Crippen molar-refractivity contribution in [2.75, 3.05) is 62.6 Å². The van der Waals surface area contributed by atoms with E-state index >= 15 is 0 Å². The molecule has 2 atom stereocenters. The van der Waals surface area contributed by atoms with Crippen molar-refractivity contribution in [2.45, 2.75) is 436 Å². The third kappa shape index (κ3) is 46.0. The minimum Gasteiger partial charge on any atom is -0.491 e. The Hall–Kier alpha value is -5.51. The molecule has 6 aromatic rings. The van der Waals surface area contributed by atoms with E-state index in [1.165, 1.54) is 188 Å². The Kier molecular flexibility index (Phi) is 59.2. The molecule has 131 heavy (non-hydrogen) atoms. The summed E-state index contributed by atoms with van der Waals surface area (Å²) in [5.74, 6) is 6.28. The number of ether oxygens (including phenoxy) is 2. The lowest BCUT2D eigenvalue weighted by atomic mass is 9.71. The number of hydrogen-bond donors (Lipinski definition) is 0. The molecule has 6 aliphatic rings. The van der Waals surface area contributed by atoms with Gasteiger partial charge in [0.2, 0.25) is 0 Å². The molecule has 0 bridgehead atoms. The average molecular weight is 1810 g/mol. The summed E-state index contributed by atoms with van der Waals surface area (Å²) < 4.78 is 10.8. The van der Waals surface area contributed by atoms with Crippen molar-refractivity contribution in [1.82, 2.24) is 54.3 Å². The largest absolute Gasteiger partial charge is 0.491 e. The van der Waals surface area contributed by atoms with Gasteiger partial charge in [0.05, 0.1) is 29.4 Å². The third-order valence-corrected chi connectivity index (χ3v) is 29.9. The smallest absolute Gasteiger partial charge is 0.119 e. The van der Waals surface area contributed by atoms with Crippen LogP contribution in [0, 0.1) is 68.0 Å². The average Bonchev–Trinajstić information content (AvgIpc) is 0.847. The molecule has 0 amide bonds. The number of hydrogen-bond acceptors (Lipinski definition) is 13. The maximum atomic E-state index is 5.72. The van der Waals surface area contributed by atoms with Crippen LogP contribution in [0.25, 0.3) is 0 Å². The number of nitrogens with zero attached hydrogens (tertiary/aromatic N) is 11. The second-order valence-electron chi connectivity index (χ2n) is 44.6. The van der Waals surface area contributed by atoms with Gasteiger partial charge in [-0.3, -0.25) is 54.3 Å². The van der Waals surface area contributed by atoms with Crippen LogP contribution >= 0.6 is 0 Å². The van der Waals surface area contributed by atoms with Crippen LogP contribution in [-0.2, 0) is 30.9 Å². The molecule has 748 valence electrons. The molecule has 6 saturated carbocycles. The number of pyridine rings is 5. The Morgan fingerprint density at radius 2 is 0.557 bits per heavy atom.